The lowest BCUT2D eigenvalue weighted by atomic mass is 10.0. The van der Waals surface area contributed by atoms with Crippen molar-refractivity contribution in [3.8, 4) is 11.5 Å². The second kappa shape index (κ2) is 12.5. The largest absolute Gasteiger partial charge is 0.508 e. The molecular formula is C26H35N3O6S. The Bertz CT molecular complexity index is 1070. The molecule has 0 radical (unpaired) electrons. The van der Waals surface area contributed by atoms with Crippen LogP contribution in [0.15, 0.2) is 42.5 Å². The molecule has 196 valence electrons. The first-order valence-corrected chi connectivity index (χ1v) is 12.2. The maximum Gasteiger partial charge on any atom is 0.408 e. The van der Waals surface area contributed by atoms with E-state index in [4.69, 9.17) is 9.47 Å². The molecule has 0 aliphatic heterocycles. The van der Waals surface area contributed by atoms with Gasteiger partial charge in [0, 0.05) is 18.0 Å². The fourth-order valence-electron chi connectivity index (χ4n) is 3.51. The number of aromatic hydroxyl groups is 1. The van der Waals surface area contributed by atoms with Crippen LogP contribution in [0.4, 0.5) is 10.5 Å². The number of nitrogens with zero attached hydrogens (tertiary/aromatic N) is 1. The number of hydrogen-bond acceptors (Lipinski definition) is 7. The van der Waals surface area contributed by atoms with Crippen molar-refractivity contribution < 1.29 is 29.0 Å². The van der Waals surface area contributed by atoms with E-state index in [0.717, 1.165) is 0 Å². The van der Waals surface area contributed by atoms with Crippen molar-refractivity contribution in [2.75, 3.05) is 24.7 Å². The number of rotatable bonds is 9. The molecule has 0 saturated heterocycles. The maximum atomic E-state index is 13.6. The zero-order valence-corrected chi connectivity index (χ0v) is 22.4. The fraction of sp³-hybridized carbons (Fsp3) is 0.423. The first-order chi connectivity index (χ1) is 16.9. The normalized spacial score (nSPS) is 12.8. The average Bonchev–Trinajstić information content (AvgIpc) is 2.81. The van der Waals surface area contributed by atoms with E-state index in [1.165, 1.54) is 11.0 Å². The van der Waals surface area contributed by atoms with Gasteiger partial charge >= 0.3 is 6.09 Å². The lowest BCUT2D eigenvalue weighted by Gasteiger charge is -2.33. The number of likely N-dealkylation sites (N-methyl/N-ethyl adjacent to an activating group) is 1. The van der Waals surface area contributed by atoms with Gasteiger partial charge in [0.15, 0.2) is 0 Å². The van der Waals surface area contributed by atoms with Gasteiger partial charge in [-0.25, -0.2) is 4.79 Å². The van der Waals surface area contributed by atoms with E-state index in [1.54, 1.807) is 78.1 Å². The van der Waals surface area contributed by atoms with Crippen LogP contribution in [-0.2, 0) is 14.3 Å². The van der Waals surface area contributed by atoms with E-state index in [9.17, 15) is 19.5 Å². The summed E-state index contributed by atoms with van der Waals surface area (Å²) < 4.78 is 10.4. The lowest BCUT2D eigenvalue weighted by Crippen LogP contribution is -2.53. The van der Waals surface area contributed by atoms with Crippen molar-refractivity contribution in [2.24, 2.45) is 0 Å². The Morgan fingerprint density at radius 1 is 1.11 bits per heavy atom. The Labute approximate surface area is 217 Å². The molecule has 2 rings (SSSR count). The summed E-state index contributed by atoms with van der Waals surface area (Å²) in [4.78, 5) is 40.8. The Kier molecular flexibility index (Phi) is 10.0. The van der Waals surface area contributed by atoms with Crippen LogP contribution in [0.1, 0.15) is 44.9 Å². The molecule has 3 N–H and O–H groups in total. The molecule has 0 bridgehead atoms. The molecule has 2 aromatic carbocycles. The predicted molar refractivity (Wildman–Crippen MR) is 142 cm³/mol. The van der Waals surface area contributed by atoms with Gasteiger partial charge < -0.3 is 30.1 Å². The standard InChI is InChI=1S/C26H35N3O6S/c1-7-29(24(32)20(15-36)28-25(33)35-26(3,4)5)22(17-8-13-21(30)16(2)14-17)23(31)27-18-9-11-19(34-6)12-10-18/h8-14,20,22,30,36H,7,15H2,1-6H3,(H,27,31)(H,28,33). The van der Waals surface area contributed by atoms with Crippen LogP contribution < -0.4 is 15.4 Å². The van der Waals surface area contributed by atoms with E-state index >= 15 is 0 Å². The smallest absolute Gasteiger partial charge is 0.408 e. The Morgan fingerprint density at radius 2 is 1.75 bits per heavy atom. The molecular weight excluding hydrogens is 482 g/mol. The number of alkyl carbamates (subject to hydrolysis) is 1. The molecule has 0 spiro atoms. The number of nitrogens with one attached hydrogen (secondary N) is 2. The number of amides is 3. The Hall–Kier alpha value is -3.40. The molecule has 0 aliphatic rings. The van der Waals surface area contributed by atoms with Gasteiger partial charge in [-0.2, -0.15) is 12.6 Å². The molecule has 0 aliphatic carbocycles. The molecule has 0 saturated carbocycles. The van der Waals surface area contributed by atoms with Gasteiger partial charge in [0.05, 0.1) is 7.11 Å². The molecule has 0 fully saturated rings. The van der Waals surface area contributed by atoms with Crippen molar-refractivity contribution in [2.45, 2.75) is 52.3 Å². The fourth-order valence-corrected chi connectivity index (χ4v) is 3.76. The van der Waals surface area contributed by atoms with Crippen LogP contribution >= 0.6 is 12.6 Å². The minimum absolute atomic E-state index is 0.00397. The average molecular weight is 518 g/mol. The number of carbonyl (C=O) groups excluding carboxylic acids is 3. The quantitative estimate of drug-likeness (QED) is 0.373. The molecule has 0 aromatic heterocycles. The topological polar surface area (TPSA) is 117 Å². The number of aryl methyl sites for hydroxylation is 1. The van der Waals surface area contributed by atoms with Crippen molar-refractivity contribution in [3.05, 3.63) is 53.6 Å². The first kappa shape index (κ1) is 28.8. The van der Waals surface area contributed by atoms with Crippen molar-refractivity contribution >= 4 is 36.2 Å². The highest BCUT2D eigenvalue weighted by molar-refractivity contribution is 7.80. The monoisotopic (exact) mass is 517 g/mol. The van der Waals surface area contributed by atoms with Gasteiger partial charge in [0.2, 0.25) is 5.91 Å². The van der Waals surface area contributed by atoms with Crippen molar-refractivity contribution in [3.63, 3.8) is 0 Å². The summed E-state index contributed by atoms with van der Waals surface area (Å²) in [5.74, 6) is -0.263. The third kappa shape index (κ3) is 7.81. The highest BCUT2D eigenvalue weighted by Gasteiger charge is 2.35. The SMILES string of the molecule is CCN(C(=O)C(CS)NC(=O)OC(C)(C)C)C(C(=O)Nc1ccc(OC)cc1)c1ccc(O)c(C)c1. The second-order valence-corrected chi connectivity index (χ2v) is 9.54. The van der Waals surface area contributed by atoms with E-state index in [-0.39, 0.29) is 18.0 Å². The lowest BCUT2D eigenvalue weighted by molar-refractivity contribution is -0.140. The number of anilines is 1. The highest BCUT2D eigenvalue weighted by Crippen LogP contribution is 2.28. The minimum atomic E-state index is -1.05. The molecule has 9 nitrogen and oxygen atoms in total. The minimum Gasteiger partial charge on any atom is -0.508 e. The number of methoxy groups -OCH3 is 1. The Balaban J connectivity index is 2.41. The zero-order valence-electron chi connectivity index (χ0n) is 21.5. The molecule has 36 heavy (non-hydrogen) atoms. The van der Waals surface area contributed by atoms with E-state index in [2.05, 4.69) is 23.3 Å². The van der Waals surface area contributed by atoms with Gasteiger partial charge in [-0.15, -0.1) is 0 Å². The van der Waals surface area contributed by atoms with Crippen LogP contribution in [0.5, 0.6) is 11.5 Å². The first-order valence-electron chi connectivity index (χ1n) is 11.6. The molecule has 2 unspecified atom stereocenters. The number of carbonyl (C=O) groups is 3. The number of phenolic OH excluding ortho intramolecular Hbond substituents is 1. The summed E-state index contributed by atoms with van der Waals surface area (Å²) >= 11 is 4.25. The molecule has 2 atom stereocenters. The molecule has 10 heteroatoms. The third-order valence-electron chi connectivity index (χ3n) is 5.25. The van der Waals surface area contributed by atoms with Gasteiger partial charge in [-0.3, -0.25) is 9.59 Å². The van der Waals surface area contributed by atoms with Crippen molar-refractivity contribution in [1.29, 1.82) is 0 Å². The number of thiol groups is 1. The summed E-state index contributed by atoms with van der Waals surface area (Å²) in [6, 6.07) is 9.44. The number of benzene rings is 2. The predicted octanol–water partition coefficient (Wildman–Crippen LogP) is 4.06. The molecule has 0 heterocycles. The highest BCUT2D eigenvalue weighted by atomic mass is 32.1. The van der Waals surface area contributed by atoms with Crippen LogP contribution in [0.2, 0.25) is 0 Å². The summed E-state index contributed by atoms with van der Waals surface area (Å²) in [5.41, 5.74) is 0.822. The van der Waals surface area contributed by atoms with Crippen LogP contribution in [0.3, 0.4) is 0 Å². The summed E-state index contributed by atoms with van der Waals surface area (Å²) in [6.07, 6.45) is -0.759. The number of ether oxygens (including phenoxy) is 2. The third-order valence-corrected chi connectivity index (χ3v) is 5.61. The van der Waals surface area contributed by atoms with Crippen LogP contribution in [-0.4, -0.2) is 59.0 Å². The summed E-state index contributed by atoms with van der Waals surface area (Å²) in [6.45, 7) is 8.76. The van der Waals surface area contributed by atoms with Gasteiger partial charge in [-0.05, 0) is 82.1 Å². The second-order valence-electron chi connectivity index (χ2n) is 9.17. The van der Waals surface area contributed by atoms with E-state index < -0.39 is 35.6 Å². The van der Waals surface area contributed by atoms with Gasteiger partial charge in [0.1, 0.15) is 29.2 Å². The van der Waals surface area contributed by atoms with Gasteiger partial charge in [-0.1, -0.05) is 6.07 Å². The van der Waals surface area contributed by atoms with E-state index in [1.807, 2.05) is 0 Å². The summed E-state index contributed by atoms with van der Waals surface area (Å²) in [5, 5.41) is 15.4. The molecule has 3 amide bonds. The number of hydrogen-bond donors (Lipinski definition) is 4. The number of phenols is 1. The zero-order chi connectivity index (χ0) is 27.0. The molecule has 2 aromatic rings. The van der Waals surface area contributed by atoms with Crippen LogP contribution in [0, 0.1) is 6.92 Å². The van der Waals surface area contributed by atoms with Crippen LogP contribution in [0.25, 0.3) is 0 Å². The van der Waals surface area contributed by atoms with Gasteiger partial charge in [0.25, 0.3) is 5.91 Å². The van der Waals surface area contributed by atoms with E-state index in [0.29, 0.717) is 22.6 Å². The summed E-state index contributed by atoms with van der Waals surface area (Å²) in [7, 11) is 1.55. The maximum absolute atomic E-state index is 13.6. The Morgan fingerprint density at radius 3 is 2.25 bits per heavy atom. The van der Waals surface area contributed by atoms with Crippen molar-refractivity contribution in [1.82, 2.24) is 10.2 Å².